The molecular formula is C32H36F3N5O4S. The predicted molar refractivity (Wildman–Crippen MR) is 162 cm³/mol. The van der Waals surface area contributed by atoms with Crippen LogP contribution in [0.3, 0.4) is 0 Å². The lowest BCUT2D eigenvalue weighted by atomic mass is 9.87. The Morgan fingerprint density at radius 1 is 1.02 bits per heavy atom. The molecule has 1 aliphatic heterocycles. The van der Waals surface area contributed by atoms with E-state index in [2.05, 4.69) is 14.7 Å². The van der Waals surface area contributed by atoms with E-state index in [4.69, 9.17) is 10.5 Å². The fourth-order valence-electron chi connectivity index (χ4n) is 6.65. The molecule has 2 heterocycles. The number of aryl methyl sites for hydroxylation is 2. The number of sulfonamides is 1. The molecule has 1 amide bonds. The standard InChI is InChI=1S/C32H36F3N5O4S/c1-19-5-3-6-20(2)28(19)26-16-27-38-30(37-26)39-45(42,43)25-8-4-7-21(15-25)29(41)40(23-11-9-22(36)10-12-23)24(18-44-27)17-31(13-14-31)32(33,34)35/h3-8,15-16,22-24H,9-14,17-18,36H2,1-2H3,(H,37,38,39)/t22-,23+,24-/m1/s1. The fourth-order valence-corrected chi connectivity index (χ4v) is 7.64. The number of hydrogen-bond acceptors (Lipinski definition) is 7. The van der Waals surface area contributed by atoms with Crippen molar-refractivity contribution in [2.75, 3.05) is 11.3 Å². The van der Waals surface area contributed by atoms with E-state index in [1.54, 1.807) is 6.07 Å². The number of nitrogens with one attached hydrogen (secondary N) is 1. The van der Waals surface area contributed by atoms with E-state index in [9.17, 15) is 26.4 Å². The summed E-state index contributed by atoms with van der Waals surface area (Å²) in [7, 11) is -4.27. The van der Waals surface area contributed by atoms with Crippen molar-refractivity contribution >= 4 is 21.9 Å². The van der Waals surface area contributed by atoms with Gasteiger partial charge in [0.05, 0.1) is 22.0 Å². The van der Waals surface area contributed by atoms with Crippen molar-refractivity contribution < 1.29 is 31.1 Å². The Balaban J connectivity index is 1.51. The molecule has 1 atom stereocenters. The summed E-state index contributed by atoms with van der Waals surface area (Å²) in [6.45, 7) is 3.51. The SMILES string of the molecule is Cc1cccc(C)c1-c1cc2nc(n1)NS(=O)(=O)c1cccc(c1)C(=O)N([C@H]1CC[C@@H](N)CC1)[C@H](CC1(C(F)(F)F)CC1)CO2. The first-order valence-corrected chi connectivity index (χ1v) is 16.6. The number of amides is 1. The Morgan fingerprint density at radius 3 is 2.33 bits per heavy atom. The van der Waals surface area contributed by atoms with Crippen LogP contribution in [-0.2, 0) is 10.0 Å². The van der Waals surface area contributed by atoms with E-state index in [1.807, 2.05) is 32.0 Å². The number of rotatable bonds is 4. The smallest absolute Gasteiger partial charge is 0.394 e. The number of hydrogen-bond donors (Lipinski definition) is 2. The lowest BCUT2D eigenvalue weighted by molar-refractivity contribution is -0.193. The molecule has 2 saturated carbocycles. The van der Waals surface area contributed by atoms with Crippen LogP contribution in [0, 0.1) is 19.3 Å². The number of halogens is 3. The number of alkyl halides is 3. The summed E-state index contributed by atoms with van der Waals surface area (Å²) in [6.07, 6.45) is -2.62. The van der Waals surface area contributed by atoms with Gasteiger partial charge in [0, 0.05) is 29.3 Å². The van der Waals surface area contributed by atoms with Gasteiger partial charge in [-0.1, -0.05) is 24.3 Å². The average Bonchev–Trinajstić information content (AvgIpc) is 3.77. The molecule has 9 nitrogen and oxygen atoms in total. The number of aromatic nitrogens is 2. The quantitative estimate of drug-likeness (QED) is 0.370. The number of benzene rings is 2. The van der Waals surface area contributed by atoms with Crippen LogP contribution < -0.4 is 15.2 Å². The number of fused-ring (bicyclic) bond motifs is 4. The maximum atomic E-state index is 14.4. The Hall–Kier alpha value is -3.71. The monoisotopic (exact) mass is 643 g/mol. The molecule has 0 unspecified atom stereocenters. The Labute approximate surface area is 260 Å². The summed E-state index contributed by atoms with van der Waals surface area (Å²) < 4.78 is 78.7. The highest BCUT2D eigenvalue weighted by atomic mass is 32.2. The predicted octanol–water partition coefficient (Wildman–Crippen LogP) is 5.77. The third-order valence-electron chi connectivity index (χ3n) is 9.32. The van der Waals surface area contributed by atoms with Gasteiger partial charge in [0.1, 0.15) is 6.61 Å². The normalized spacial score (nSPS) is 24.4. The van der Waals surface area contributed by atoms with E-state index < -0.39 is 39.6 Å². The Kier molecular flexibility index (Phi) is 8.05. The van der Waals surface area contributed by atoms with Crippen molar-refractivity contribution in [3.63, 3.8) is 0 Å². The lowest BCUT2D eigenvalue weighted by Gasteiger charge is -2.42. The minimum absolute atomic E-state index is 0.0220. The molecule has 2 aromatic carbocycles. The number of anilines is 1. The molecule has 45 heavy (non-hydrogen) atoms. The molecule has 1 aromatic heterocycles. The van der Waals surface area contributed by atoms with Gasteiger partial charge < -0.3 is 15.4 Å². The van der Waals surface area contributed by atoms with E-state index in [1.165, 1.54) is 29.2 Å². The van der Waals surface area contributed by atoms with Crippen LogP contribution in [-0.4, -0.2) is 60.1 Å². The van der Waals surface area contributed by atoms with E-state index in [-0.39, 0.29) is 54.2 Å². The topological polar surface area (TPSA) is 128 Å². The van der Waals surface area contributed by atoms with Crippen molar-refractivity contribution in [1.29, 1.82) is 0 Å². The first-order valence-electron chi connectivity index (χ1n) is 15.1. The van der Waals surface area contributed by atoms with Crippen LogP contribution in [0.2, 0.25) is 0 Å². The molecule has 6 rings (SSSR count). The van der Waals surface area contributed by atoms with Gasteiger partial charge in [-0.15, -0.1) is 0 Å². The zero-order chi connectivity index (χ0) is 32.1. The van der Waals surface area contributed by atoms with Crippen molar-refractivity contribution in [3.05, 3.63) is 65.2 Å². The highest BCUT2D eigenvalue weighted by Gasteiger charge is 2.64. The fraction of sp³-hybridized carbons (Fsp3) is 0.469. The summed E-state index contributed by atoms with van der Waals surface area (Å²) in [5.41, 5.74) is 7.18. The van der Waals surface area contributed by atoms with Crippen molar-refractivity contribution in [1.82, 2.24) is 14.9 Å². The molecule has 2 fully saturated rings. The third kappa shape index (κ3) is 6.24. The summed E-state index contributed by atoms with van der Waals surface area (Å²) in [5, 5.41) is 0. The van der Waals surface area contributed by atoms with E-state index in [0.717, 1.165) is 16.7 Å². The highest BCUT2D eigenvalue weighted by Crippen LogP contribution is 2.61. The van der Waals surface area contributed by atoms with Gasteiger partial charge in [0.15, 0.2) is 0 Å². The van der Waals surface area contributed by atoms with Crippen molar-refractivity contribution in [3.8, 4) is 17.1 Å². The van der Waals surface area contributed by atoms with Crippen LogP contribution in [0.15, 0.2) is 53.4 Å². The van der Waals surface area contributed by atoms with Crippen LogP contribution in [0.1, 0.15) is 66.4 Å². The zero-order valence-electron chi connectivity index (χ0n) is 25.1. The second-order valence-electron chi connectivity index (χ2n) is 12.5. The maximum absolute atomic E-state index is 14.4. The van der Waals surface area contributed by atoms with Gasteiger partial charge in [-0.3, -0.25) is 4.79 Å². The second kappa shape index (κ2) is 11.6. The molecule has 0 spiro atoms. The number of nitrogens with zero attached hydrogens (tertiary/aromatic N) is 3. The molecule has 0 radical (unpaired) electrons. The Bertz CT molecular complexity index is 1700. The first-order chi connectivity index (χ1) is 21.3. The molecule has 3 N–H and O–H groups in total. The van der Waals surface area contributed by atoms with Crippen LogP contribution in [0.25, 0.3) is 11.3 Å². The minimum Gasteiger partial charge on any atom is -0.475 e. The van der Waals surface area contributed by atoms with Crippen molar-refractivity contribution in [2.24, 2.45) is 11.1 Å². The molecule has 13 heteroatoms. The Morgan fingerprint density at radius 2 is 1.69 bits per heavy atom. The van der Waals surface area contributed by atoms with Gasteiger partial charge in [-0.05, 0) is 88.1 Å². The highest BCUT2D eigenvalue weighted by molar-refractivity contribution is 7.92. The molecule has 0 saturated heterocycles. The maximum Gasteiger partial charge on any atom is 0.394 e. The third-order valence-corrected chi connectivity index (χ3v) is 10.7. The lowest BCUT2D eigenvalue weighted by Crippen LogP contribution is -2.53. The van der Waals surface area contributed by atoms with Crippen LogP contribution in [0.4, 0.5) is 19.1 Å². The molecule has 2 aliphatic carbocycles. The number of carbonyl (C=O) groups is 1. The van der Waals surface area contributed by atoms with Crippen molar-refractivity contribution in [2.45, 2.75) is 88.0 Å². The average molecular weight is 644 g/mol. The van der Waals surface area contributed by atoms with Gasteiger partial charge in [0.25, 0.3) is 15.9 Å². The second-order valence-corrected chi connectivity index (χ2v) is 14.2. The molecule has 3 aliphatic rings. The molecule has 3 aromatic rings. The first kappa shape index (κ1) is 31.3. The molecule has 240 valence electrons. The minimum atomic E-state index is -4.45. The van der Waals surface area contributed by atoms with Gasteiger partial charge >= 0.3 is 6.18 Å². The number of carbonyl (C=O) groups excluding carboxylic acids is 1. The summed E-state index contributed by atoms with van der Waals surface area (Å²) in [6, 6.07) is 11.3. The molecular weight excluding hydrogens is 607 g/mol. The van der Waals surface area contributed by atoms with Gasteiger partial charge in [0.2, 0.25) is 11.8 Å². The van der Waals surface area contributed by atoms with Gasteiger partial charge in [-0.25, -0.2) is 18.1 Å². The largest absolute Gasteiger partial charge is 0.475 e. The number of nitrogens with two attached hydrogens (primary N) is 1. The van der Waals surface area contributed by atoms with Crippen LogP contribution >= 0.6 is 0 Å². The summed E-state index contributed by atoms with van der Waals surface area (Å²) >= 11 is 0. The molecule has 4 bridgehead atoms. The van der Waals surface area contributed by atoms with E-state index in [0.29, 0.717) is 31.4 Å². The van der Waals surface area contributed by atoms with E-state index >= 15 is 0 Å². The summed E-state index contributed by atoms with van der Waals surface area (Å²) in [5.74, 6) is -0.830. The zero-order valence-corrected chi connectivity index (χ0v) is 25.9. The number of ether oxygens (including phenoxy) is 1. The van der Waals surface area contributed by atoms with Gasteiger partial charge in [-0.2, -0.15) is 18.2 Å². The van der Waals surface area contributed by atoms with Crippen LogP contribution in [0.5, 0.6) is 5.88 Å². The summed E-state index contributed by atoms with van der Waals surface area (Å²) in [4.78, 5) is 24.4.